The van der Waals surface area contributed by atoms with Crippen LogP contribution in [-0.4, -0.2) is 25.1 Å². The highest BCUT2D eigenvalue weighted by Gasteiger charge is 2.18. The van der Waals surface area contributed by atoms with Gasteiger partial charge in [-0.25, -0.2) is 0 Å². The van der Waals surface area contributed by atoms with E-state index in [1.54, 1.807) is 19.1 Å². The Labute approximate surface area is 135 Å². The predicted octanol–water partition coefficient (Wildman–Crippen LogP) is 2.62. The lowest BCUT2D eigenvalue weighted by atomic mass is 10.2. The first kappa shape index (κ1) is 17.6. The topological polar surface area (TPSA) is 50.4 Å². The number of amides is 1. The number of terminal acetylenes is 1. The third-order valence-electron chi connectivity index (χ3n) is 2.68. The van der Waals surface area contributed by atoms with Crippen LogP contribution in [0.4, 0.5) is 0 Å². The standard InChI is InChI=1S/C15H18Cl2N2O2/c1-4-6-19-15(20)10(3)21-14-11(9-18-5-2)7-12(16)8-13(14)17/h1,7-8,10,18H,5-6,9H2,2-3H3,(H,19,20). The molecule has 0 radical (unpaired) electrons. The summed E-state index contributed by atoms with van der Waals surface area (Å²) in [5.41, 5.74) is 0.797. The maximum absolute atomic E-state index is 11.8. The Hall–Kier alpha value is -1.41. The molecule has 1 aromatic carbocycles. The Morgan fingerprint density at radius 3 is 2.81 bits per heavy atom. The number of benzene rings is 1. The van der Waals surface area contributed by atoms with Gasteiger partial charge in [-0.05, 0) is 25.6 Å². The predicted molar refractivity (Wildman–Crippen MR) is 85.8 cm³/mol. The van der Waals surface area contributed by atoms with Crippen molar-refractivity contribution >= 4 is 29.1 Å². The molecule has 21 heavy (non-hydrogen) atoms. The zero-order chi connectivity index (χ0) is 15.8. The van der Waals surface area contributed by atoms with E-state index in [4.69, 9.17) is 34.4 Å². The maximum Gasteiger partial charge on any atom is 0.261 e. The van der Waals surface area contributed by atoms with E-state index in [0.717, 1.165) is 12.1 Å². The van der Waals surface area contributed by atoms with E-state index < -0.39 is 6.10 Å². The van der Waals surface area contributed by atoms with Gasteiger partial charge in [0.1, 0.15) is 5.75 Å². The van der Waals surface area contributed by atoms with Crippen molar-refractivity contribution in [2.24, 2.45) is 0 Å². The highest BCUT2D eigenvalue weighted by Crippen LogP contribution is 2.33. The van der Waals surface area contributed by atoms with Gasteiger partial charge in [0.15, 0.2) is 6.10 Å². The summed E-state index contributed by atoms with van der Waals surface area (Å²) in [6, 6.07) is 3.34. The fraction of sp³-hybridized carbons (Fsp3) is 0.400. The Bertz CT molecular complexity index is 541. The molecule has 0 aliphatic rings. The van der Waals surface area contributed by atoms with Crippen LogP contribution < -0.4 is 15.4 Å². The molecule has 0 aliphatic carbocycles. The molecule has 1 rings (SSSR count). The number of nitrogens with one attached hydrogen (secondary N) is 2. The molecular weight excluding hydrogens is 311 g/mol. The summed E-state index contributed by atoms with van der Waals surface area (Å²) in [6.45, 7) is 5.12. The van der Waals surface area contributed by atoms with Crippen LogP contribution >= 0.6 is 23.2 Å². The van der Waals surface area contributed by atoms with Crippen molar-refractivity contribution in [3.63, 3.8) is 0 Å². The average Bonchev–Trinajstić information content (AvgIpc) is 2.45. The Morgan fingerprint density at radius 1 is 1.48 bits per heavy atom. The van der Waals surface area contributed by atoms with Gasteiger partial charge in [-0.1, -0.05) is 36.0 Å². The van der Waals surface area contributed by atoms with Gasteiger partial charge in [0.05, 0.1) is 11.6 Å². The van der Waals surface area contributed by atoms with E-state index >= 15 is 0 Å². The molecule has 1 atom stereocenters. The number of rotatable bonds is 7. The van der Waals surface area contributed by atoms with E-state index in [9.17, 15) is 4.79 Å². The Kier molecular flexibility index (Phi) is 7.38. The SMILES string of the molecule is C#CCNC(=O)C(C)Oc1c(Cl)cc(Cl)cc1CNCC. The molecule has 0 spiro atoms. The lowest BCUT2D eigenvalue weighted by Crippen LogP contribution is -2.36. The van der Waals surface area contributed by atoms with Crippen LogP contribution in [0.25, 0.3) is 0 Å². The molecule has 2 N–H and O–H groups in total. The molecule has 0 aliphatic heterocycles. The smallest absolute Gasteiger partial charge is 0.261 e. The van der Waals surface area contributed by atoms with E-state index in [0.29, 0.717) is 22.3 Å². The molecule has 1 amide bonds. The van der Waals surface area contributed by atoms with Gasteiger partial charge in [0.2, 0.25) is 0 Å². The molecule has 0 bridgehead atoms. The van der Waals surface area contributed by atoms with E-state index in [1.807, 2.05) is 6.92 Å². The van der Waals surface area contributed by atoms with Crippen molar-refractivity contribution in [2.75, 3.05) is 13.1 Å². The van der Waals surface area contributed by atoms with E-state index in [1.165, 1.54) is 0 Å². The van der Waals surface area contributed by atoms with Gasteiger partial charge in [-0.15, -0.1) is 6.42 Å². The molecule has 0 aromatic heterocycles. The van der Waals surface area contributed by atoms with Gasteiger partial charge in [-0.3, -0.25) is 4.79 Å². The van der Waals surface area contributed by atoms with Gasteiger partial charge < -0.3 is 15.4 Å². The minimum atomic E-state index is -0.711. The van der Waals surface area contributed by atoms with Crippen molar-refractivity contribution in [2.45, 2.75) is 26.5 Å². The fourth-order valence-electron chi connectivity index (χ4n) is 1.65. The van der Waals surface area contributed by atoms with Gasteiger partial charge in [0.25, 0.3) is 5.91 Å². The summed E-state index contributed by atoms with van der Waals surface area (Å²) >= 11 is 12.2. The van der Waals surface area contributed by atoms with Crippen molar-refractivity contribution in [3.8, 4) is 18.1 Å². The number of halogens is 2. The van der Waals surface area contributed by atoms with Crippen LogP contribution in [0.2, 0.25) is 10.0 Å². The van der Waals surface area contributed by atoms with Crippen LogP contribution in [-0.2, 0) is 11.3 Å². The van der Waals surface area contributed by atoms with Crippen LogP contribution in [0.5, 0.6) is 5.75 Å². The quantitative estimate of drug-likeness (QED) is 0.756. The Balaban J connectivity index is 2.90. The van der Waals surface area contributed by atoms with E-state index in [2.05, 4.69) is 16.6 Å². The molecular formula is C15H18Cl2N2O2. The molecule has 0 saturated carbocycles. The lowest BCUT2D eigenvalue weighted by Gasteiger charge is -2.18. The first-order valence-corrected chi connectivity index (χ1v) is 7.31. The number of hydrogen-bond acceptors (Lipinski definition) is 3. The highest BCUT2D eigenvalue weighted by atomic mass is 35.5. The number of carbonyl (C=O) groups is 1. The van der Waals surface area contributed by atoms with Gasteiger partial charge in [0, 0.05) is 17.1 Å². The molecule has 0 saturated heterocycles. The molecule has 1 unspecified atom stereocenters. The van der Waals surface area contributed by atoms with Crippen molar-refractivity contribution in [3.05, 3.63) is 27.7 Å². The second-order valence-electron chi connectivity index (χ2n) is 4.34. The van der Waals surface area contributed by atoms with Crippen LogP contribution in [0, 0.1) is 12.3 Å². The molecule has 0 fully saturated rings. The van der Waals surface area contributed by atoms with E-state index in [-0.39, 0.29) is 12.5 Å². The molecule has 1 aromatic rings. The third-order valence-corrected chi connectivity index (χ3v) is 3.18. The minimum absolute atomic E-state index is 0.158. The molecule has 0 heterocycles. The van der Waals surface area contributed by atoms with Crippen LogP contribution in [0.1, 0.15) is 19.4 Å². The number of ether oxygens (including phenoxy) is 1. The minimum Gasteiger partial charge on any atom is -0.479 e. The van der Waals surface area contributed by atoms with Crippen molar-refractivity contribution in [1.29, 1.82) is 0 Å². The Morgan fingerprint density at radius 2 is 2.19 bits per heavy atom. The normalized spacial score (nSPS) is 11.6. The van der Waals surface area contributed by atoms with Crippen molar-refractivity contribution in [1.82, 2.24) is 10.6 Å². The highest BCUT2D eigenvalue weighted by molar-refractivity contribution is 6.35. The third kappa shape index (κ3) is 5.47. The first-order valence-electron chi connectivity index (χ1n) is 6.56. The summed E-state index contributed by atoms with van der Waals surface area (Å²) in [5.74, 6) is 2.49. The van der Waals surface area contributed by atoms with Crippen molar-refractivity contribution < 1.29 is 9.53 Å². The maximum atomic E-state index is 11.8. The second-order valence-corrected chi connectivity index (χ2v) is 5.18. The molecule has 4 nitrogen and oxygen atoms in total. The summed E-state index contributed by atoms with van der Waals surface area (Å²) in [6.07, 6.45) is 4.39. The summed E-state index contributed by atoms with van der Waals surface area (Å²) in [7, 11) is 0. The van der Waals surface area contributed by atoms with Gasteiger partial charge in [-0.2, -0.15) is 0 Å². The average molecular weight is 329 g/mol. The fourth-order valence-corrected chi connectivity index (χ4v) is 2.23. The van der Waals surface area contributed by atoms with Gasteiger partial charge >= 0.3 is 0 Å². The monoisotopic (exact) mass is 328 g/mol. The zero-order valence-electron chi connectivity index (χ0n) is 12.0. The summed E-state index contributed by atoms with van der Waals surface area (Å²) < 4.78 is 5.68. The first-order chi connectivity index (χ1) is 9.99. The summed E-state index contributed by atoms with van der Waals surface area (Å²) in [4.78, 5) is 11.8. The number of carbonyl (C=O) groups excluding carboxylic acids is 1. The second kappa shape index (κ2) is 8.78. The van der Waals surface area contributed by atoms with Crippen LogP contribution in [0.3, 0.4) is 0 Å². The summed E-state index contributed by atoms with van der Waals surface area (Å²) in [5, 5.41) is 6.62. The molecule has 6 heteroatoms. The molecule has 114 valence electrons. The lowest BCUT2D eigenvalue weighted by molar-refractivity contribution is -0.127. The number of hydrogen-bond donors (Lipinski definition) is 2. The van der Waals surface area contributed by atoms with Crippen LogP contribution in [0.15, 0.2) is 12.1 Å². The zero-order valence-corrected chi connectivity index (χ0v) is 13.5. The largest absolute Gasteiger partial charge is 0.479 e.